The van der Waals surface area contributed by atoms with Gasteiger partial charge in [-0.25, -0.2) is 4.31 Å². The third kappa shape index (κ3) is 5.69. The molecule has 0 aromatic heterocycles. The fourth-order valence-corrected chi connectivity index (χ4v) is 6.21. The van der Waals surface area contributed by atoms with Gasteiger partial charge in [0.1, 0.15) is 6.61 Å². The van der Waals surface area contributed by atoms with Gasteiger partial charge in [0.05, 0.1) is 13.2 Å². The van der Waals surface area contributed by atoms with Gasteiger partial charge in [-0.3, -0.25) is 4.79 Å². The van der Waals surface area contributed by atoms with Gasteiger partial charge in [-0.2, -0.15) is 0 Å². The minimum atomic E-state index is 0.0286. The molecule has 3 atom stereocenters. The van der Waals surface area contributed by atoms with E-state index in [0.29, 0.717) is 18.1 Å². The summed E-state index contributed by atoms with van der Waals surface area (Å²) >= 11 is 1.67. The SMILES string of the molecule is CC.COCC#Cc1ccc(C(=O)NC2C3CCC(C3)C2(C)C)cc1SN1CCOCC1. The molecule has 6 heteroatoms. The fraction of sp³-hybridized carbons (Fsp3) is 0.654. The van der Waals surface area contributed by atoms with Crippen LogP contribution in [0.3, 0.4) is 0 Å². The highest BCUT2D eigenvalue weighted by Crippen LogP contribution is 2.55. The molecular formula is C26H38N2O3S. The Morgan fingerprint density at radius 1 is 1.28 bits per heavy atom. The Morgan fingerprint density at radius 3 is 2.69 bits per heavy atom. The molecule has 1 aromatic rings. The molecule has 1 aliphatic heterocycles. The maximum absolute atomic E-state index is 13.2. The monoisotopic (exact) mass is 458 g/mol. The molecule has 1 amide bonds. The molecule has 1 saturated heterocycles. The second-order valence-corrected chi connectivity index (χ2v) is 10.3. The van der Waals surface area contributed by atoms with Crippen LogP contribution < -0.4 is 5.32 Å². The first-order valence-electron chi connectivity index (χ1n) is 11.9. The van der Waals surface area contributed by atoms with Crippen LogP contribution in [0.4, 0.5) is 0 Å². The van der Waals surface area contributed by atoms with E-state index in [1.807, 2.05) is 32.0 Å². The maximum atomic E-state index is 13.2. The van der Waals surface area contributed by atoms with Crippen LogP contribution >= 0.6 is 11.9 Å². The van der Waals surface area contributed by atoms with Gasteiger partial charge in [0.25, 0.3) is 5.91 Å². The molecule has 176 valence electrons. The maximum Gasteiger partial charge on any atom is 0.251 e. The van der Waals surface area contributed by atoms with Gasteiger partial charge >= 0.3 is 0 Å². The highest BCUT2D eigenvalue weighted by molar-refractivity contribution is 7.97. The molecule has 3 fully saturated rings. The number of nitrogens with one attached hydrogen (secondary N) is 1. The van der Waals surface area contributed by atoms with Crippen LogP contribution in [0.1, 0.15) is 62.9 Å². The van der Waals surface area contributed by atoms with Crippen LogP contribution in [0, 0.1) is 29.1 Å². The highest BCUT2D eigenvalue weighted by atomic mass is 32.2. The van der Waals surface area contributed by atoms with Crippen LogP contribution in [-0.2, 0) is 9.47 Å². The topological polar surface area (TPSA) is 50.8 Å². The van der Waals surface area contributed by atoms with Crippen molar-refractivity contribution in [2.24, 2.45) is 17.3 Å². The second-order valence-electron chi connectivity index (χ2n) is 9.12. The molecule has 2 aliphatic carbocycles. The molecule has 1 N–H and O–H groups in total. The molecule has 0 radical (unpaired) electrons. The Morgan fingerprint density at radius 2 is 2.03 bits per heavy atom. The number of hydrogen-bond acceptors (Lipinski definition) is 5. The van der Waals surface area contributed by atoms with Crippen LogP contribution in [0.15, 0.2) is 23.1 Å². The molecular weight excluding hydrogens is 420 g/mol. The quantitative estimate of drug-likeness (QED) is 0.516. The zero-order valence-corrected chi connectivity index (χ0v) is 21.0. The summed E-state index contributed by atoms with van der Waals surface area (Å²) in [6, 6.07) is 6.12. The lowest BCUT2D eigenvalue weighted by Crippen LogP contribution is -2.48. The number of carbonyl (C=O) groups excluding carboxylic acids is 1. The first kappa shape index (κ1) is 25.1. The van der Waals surface area contributed by atoms with Crippen LogP contribution in [0.25, 0.3) is 0 Å². The molecule has 2 bridgehead atoms. The lowest BCUT2D eigenvalue weighted by molar-refractivity contribution is 0.0773. The zero-order chi connectivity index (χ0) is 23.1. The van der Waals surface area contributed by atoms with Crippen molar-refractivity contribution in [1.29, 1.82) is 0 Å². The largest absolute Gasteiger partial charge is 0.379 e. The standard InChI is InChI=1S/C24H32N2O3S.C2H6/c1-24(2)20-9-8-18(15-20)22(24)25-23(27)19-7-6-17(5-4-12-28-3)21(16-19)30-26-10-13-29-14-11-26;1-2/h6-7,16,18,20,22H,8-15H2,1-3H3,(H,25,27);1-2H3. The third-order valence-electron chi connectivity index (χ3n) is 6.97. The van der Waals surface area contributed by atoms with Crippen LogP contribution in [-0.4, -0.2) is 56.3 Å². The Labute approximate surface area is 198 Å². The molecule has 0 spiro atoms. The first-order valence-corrected chi connectivity index (χ1v) is 12.7. The number of carbonyl (C=O) groups is 1. The van der Waals surface area contributed by atoms with E-state index in [2.05, 4.69) is 35.3 Å². The van der Waals surface area contributed by atoms with Gasteiger partial charge in [0.2, 0.25) is 0 Å². The van der Waals surface area contributed by atoms with E-state index in [-0.39, 0.29) is 17.4 Å². The number of rotatable bonds is 5. The zero-order valence-electron chi connectivity index (χ0n) is 20.2. The van der Waals surface area contributed by atoms with Crippen molar-refractivity contribution in [1.82, 2.24) is 9.62 Å². The Kier molecular flexibility index (Phi) is 9.07. The molecule has 3 unspecified atom stereocenters. The fourth-order valence-electron chi connectivity index (χ4n) is 5.21. The number of fused-ring (bicyclic) bond motifs is 2. The number of benzene rings is 1. The molecule has 32 heavy (non-hydrogen) atoms. The summed E-state index contributed by atoms with van der Waals surface area (Å²) in [5.74, 6) is 7.61. The third-order valence-corrected chi connectivity index (χ3v) is 8.12. The first-order chi connectivity index (χ1) is 15.5. The van der Waals surface area contributed by atoms with Crippen molar-refractivity contribution in [3.05, 3.63) is 29.3 Å². The Hall–Kier alpha value is -1.52. The van der Waals surface area contributed by atoms with E-state index >= 15 is 0 Å². The Balaban J connectivity index is 0.00000141. The van der Waals surface area contributed by atoms with Crippen LogP contribution in [0.5, 0.6) is 0 Å². The summed E-state index contributed by atoms with van der Waals surface area (Å²) in [6.45, 7) is 12.2. The van der Waals surface area contributed by atoms with Gasteiger partial charge in [-0.15, -0.1) is 0 Å². The number of nitrogens with zero attached hydrogens (tertiary/aromatic N) is 1. The van der Waals surface area contributed by atoms with E-state index in [1.54, 1.807) is 19.1 Å². The van der Waals surface area contributed by atoms with Gasteiger partial charge in [-0.1, -0.05) is 39.5 Å². The van der Waals surface area contributed by atoms with E-state index in [9.17, 15) is 4.79 Å². The summed E-state index contributed by atoms with van der Waals surface area (Å²) in [5, 5.41) is 3.38. The number of amides is 1. The lowest BCUT2D eigenvalue weighted by Gasteiger charge is -2.38. The van der Waals surface area contributed by atoms with Crippen molar-refractivity contribution < 1.29 is 14.3 Å². The number of hydrogen-bond donors (Lipinski definition) is 1. The van der Waals surface area contributed by atoms with Gasteiger partial charge < -0.3 is 14.8 Å². The Bertz CT molecular complexity index is 839. The average Bonchev–Trinajstić information content (AvgIpc) is 3.38. The molecule has 1 aromatic carbocycles. The van der Waals surface area contributed by atoms with Crippen molar-refractivity contribution in [2.75, 3.05) is 40.0 Å². The second kappa shape index (κ2) is 11.6. The van der Waals surface area contributed by atoms with E-state index < -0.39 is 0 Å². The van der Waals surface area contributed by atoms with Crippen molar-refractivity contribution in [3.8, 4) is 11.8 Å². The summed E-state index contributed by atoms with van der Waals surface area (Å²) in [4.78, 5) is 14.2. The number of methoxy groups -OCH3 is 1. The van der Waals surface area contributed by atoms with Gasteiger partial charge in [0.15, 0.2) is 0 Å². The normalized spacial score (nSPS) is 26.0. The van der Waals surface area contributed by atoms with Gasteiger partial charge in [0, 0.05) is 42.3 Å². The van der Waals surface area contributed by atoms with Gasteiger partial charge in [-0.05, 0) is 66.7 Å². The van der Waals surface area contributed by atoms with E-state index in [0.717, 1.165) is 42.7 Å². The van der Waals surface area contributed by atoms with Crippen LogP contribution in [0.2, 0.25) is 0 Å². The summed E-state index contributed by atoms with van der Waals surface area (Å²) in [5.41, 5.74) is 1.82. The van der Waals surface area contributed by atoms with E-state index in [1.165, 1.54) is 19.3 Å². The van der Waals surface area contributed by atoms with Crippen molar-refractivity contribution in [2.45, 2.75) is 57.9 Å². The molecule has 1 heterocycles. The van der Waals surface area contributed by atoms with Crippen molar-refractivity contribution in [3.63, 3.8) is 0 Å². The molecule has 4 rings (SSSR count). The summed E-state index contributed by atoms with van der Waals surface area (Å²) < 4.78 is 12.8. The summed E-state index contributed by atoms with van der Waals surface area (Å²) in [6.07, 6.45) is 3.80. The predicted molar refractivity (Wildman–Crippen MR) is 131 cm³/mol. The molecule has 2 saturated carbocycles. The smallest absolute Gasteiger partial charge is 0.251 e. The minimum Gasteiger partial charge on any atom is -0.379 e. The van der Waals surface area contributed by atoms with E-state index in [4.69, 9.17) is 9.47 Å². The predicted octanol–water partition coefficient (Wildman–Crippen LogP) is 4.60. The molecule has 5 nitrogen and oxygen atoms in total. The average molecular weight is 459 g/mol. The highest BCUT2D eigenvalue weighted by Gasteiger charge is 2.53. The molecule has 3 aliphatic rings. The minimum absolute atomic E-state index is 0.0286. The number of morpholine rings is 1. The summed E-state index contributed by atoms with van der Waals surface area (Å²) in [7, 11) is 1.64. The lowest BCUT2D eigenvalue weighted by atomic mass is 9.73. The number of ether oxygens (including phenoxy) is 2. The van der Waals surface area contributed by atoms with Crippen molar-refractivity contribution >= 4 is 17.9 Å².